The number of rotatable bonds is 9. The second-order valence-electron chi connectivity index (χ2n) is 5.21. The van der Waals surface area contributed by atoms with Crippen molar-refractivity contribution in [2.24, 2.45) is 0 Å². The van der Waals surface area contributed by atoms with Crippen molar-refractivity contribution in [1.82, 2.24) is 4.72 Å². The molecule has 0 spiro atoms. The van der Waals surface area contributed by atoms with Gasteiger partial charge in [-0.2, -0.15) is 0 Å². The fourth-order valence-electron chi connectivity index (χ4n) is 1.96. The summed E-state index contributed by atoms with van der Waals surface area (Å²) in [6, 6.07) is 13.0. The number of nitrogens with one attached hydrogen (secondary N) is 2. The van der Waals surface area contributed by atoms with Crippen LogP contribution in [0.4, 0.5) is 5.69 Å². The predicted octanol–water partition coefficient (Wildman–Crippen LogP) is 2.39. The van der Waals surface area contributed by atoms with Gasteiger partial charge in [0.25, 0.3) is 5.91 Å². The van der Waals surface area contributed by atoms with Crippen LogP contribution in [0.5, 0.6) is 5.75 Å². The van der Waals surface area contributed by atoms with Gasteiger partial charge in [-0.05, 0) is 48.5 Å². The molecular formula is C17H19BrN2O5S. The highest BCUT2D eigenvalue weighted by Gasteiger charge is 2.13. The Hall–Kier alpha value is -1.94. The molecule has 2 aromatic carbocycles. The van der Waals surface area contributed by atoms with Gasteiger partial charge in [-0.15, -0.1) is 0 Å². The van der Waals surface area contributed by atoms with Crippen LogP contribution in [0, 0.1) is 0 Å². The molecule has 1 amide bonds. The van der Waals surface area contributed by atoms with E-state index in [0.29, 0.717) is 11.4 Å². The molecule has 0 saturated heterocycles. The van der Waals surface area contributed by atoms with E-state index >= 15 is 0 Å². The zero-order valence-electron chi connectivity index (χ0n) is 14.1. The summed E-state index contributed by atoms with van der Waals surface area (Å²) in [4.78, 5) is 12.0. The van der Waals surface area contributed by atoms with Gasteiger partial charge in [0.15, 0.2) is 6.61 Å². The molecule has 26 heavy (non-hydrogen) atoms. The minimum atomic E-state index is -3.59. The average molecular weight is 443 g/mol. The number of methoxy groups -OCH3 is 1. The topological polar surface area (TPSA) is 93.7 Å². The van der Waals surface area contributed by atoms with E-state index in [-0.39, 0.29) is 30.6 Å². The number of hydrogen-bond donors (Lipinski definition) is 2. The van der Waals surface area contributed by atoms with Gasteiger partial charge in [0.05, 0.1) is 11.5 Å². The van der Waals surface area contributed by atoms with E-state index in [0.717, 1.165) is 4.47 Å². The van der Waals surface area contributed by atoms with E-state index in [9.17, 15) is 13.2 Å². The number of sulfonamides is 1. The van der Waals surface area contributed by atoms with Crippen LogP contribution in [0.3, 0.4) is 0 Å². The van der Waals surface area contributed by atoms with Crippen LogP contribution in [0.1, 0.15) is 0 Å². The molecule has 0 aliphatic carbocycles. The van der Waals surface area contributed by atoms with E-state index in [4.69, 9.17) is 9.47 Å². The first-order chi connectivity index (χ1) is 12.4. The molecule has 7 nitrogen and oxygen atoms in total. The third-order valence-electron chi connectivity index (χ3n) is 3.23. The van der Waals surface area contributed by atoms with E-state index in [1.807, 2.05) is 12.1 Å². The lowest BCUT2D eigenvalue weighted by Crippen LogP contribution is -2.27. The lowest BCUT2D eigenvalue weighted by Gasteiger charge is -2.09. The Morgan fingerprint density at radius 2 is 1.73 bits per heavy atom. The highest BCUT2D eigenvalue weighted by molar-refractivity contribution is 9.10. The normalized spacial score (nSPS) is 11.2. The third kappa shape index (κ3) is 6.41. The van der Waals surface area contributed by atoms with Crippen molar-refractivity contribution in [3.63, 3.8) is 0 Å². The van der Waals surface area contributed by atoms with Gasteiger partial charge >= 0.3 is 0 Å². The predicted molar refractivity (Wildman–Crippen MR) is 102 cm³/mol. The van der Waals surface area contributed by atoms with Crippen molar-refractivity contribution < 1.29 is 22.7 Å². The summed E-state index contributed by atoms with van der Waals surface area (Å²) < 4.78 is 37.6. The van der Waals surface area contributed by atoms with E-state index < -0.39 is 10.0 Å². The number of anilines is 1. The molecule has 2 rings (SSSR count). The monoisotopic (exact) mass is 442 g/mol. The Morgan fingerprint density at radius 1 is 1.08 bits per heavy atom. The molecule has 2 aromatic rings. The van der Waals surface area contributed by atoms with Crippen LogP contribution in [0.25, 0.3) is 0 Å². The second kappa shape index (κ2) is 9.67. The standard InChI is InChI=1S/C17H19BrN2O5S/c1-24-11-10-19-26(22,23)16-8-6-15(7-9-16)25-12-17(21)20-14-4-2-13(18)3-5-14/h2-9,19H,10-12H2,1H3,(H,20,21). The Labute approximate surface area is 160 Å². The quantitative estimate of drug-likeness (QED) is 0.581. The number of halogens is 1. The van der Waals surface area contributed by atoms with Crippen LogP contribution in [0.15, 0.2) is 57.9 Å². The highest BCUT2D eigenvalue weighted by atomic mass is 79.9. The maximum atomic E-state index is 12.0. The number of hydrogen-bond acceptors (Lipinski definition) is 5. The minimum Gasteiger partial charge on any atom is -0.484 e. The third-order valence-corrected chi connectivity index (χ3v) is 5.24. The first-order valence-corrected chi connectivity index (χ1v) is 9.95. The van der Waals surface area contributed by atoms with Crippen molar-refractivity contribution in [1.29, 1.82) is 0 Å². The zero-order valence-corrected chi connectivity index (χ0v) is 16.5. The number of carbonyl (C=O) groups excluding carboxylic acids is 1. The first kappa shape index (κ1) is 20.4. The summed E-state index contributed by atoms with van der Waals surface area (Å²) in [5, 5.41) is 2.70. The number of carbonyl (C=O) groups is 1. The average Bonchev–Trinajstić information content (AvgIpc) is 2.62. The molecule has 0 radical (unpaired) electrons. The fraction of sp³-hybridized carbons (Fsp3) is 0.235. The van der Waals surface area contributed by atoms with Gasteiger partial charge in [-0.3, -0.25) is 4.79 Å². The lowest BCUT2D eigenvalue weighted by atomic mass is 10.3. The summed E-state index contributed by atoms with van der Waals surface area (Å²) in [6.07, 6.45) is 0. The zero-order chi connectivity index (χ0) is 19.0. The molecular weight excluding hydrogens is 424 g/mol. The second-order valence-corrected chi connectivity index (χ2v) is 7.89. The summed E-state index contributed by atoms with van der Waals surface area (Å²) in [6.45, 7) is 0.287. The maximum absolute atomic E-state index is 12.0. The van der Waals surface area contributed by atoms with Crippen molar-refractivity contribution in [2.75, 3.05) is 32.2 Å². The van der Waals surface area contributed by atoms with Crippen molar-refractivity contribution in [2.45, 2.75) is 4.90 Å². The van der Waals surface area contributed by atoms with Gasteiger partial charge < -0.3 is 14.8 Å². The SMILES string of the molecule is COCCNS(=O)(=O)c1ccc(OCC(=O)Nc2ccc(Br)cc2)cc1. The summed E-state index contributed by atoms with van der Waals surface area (Å²) in [5.74, 6) is 0.0806. The van der Waals surface area contributed by atoms with Gasteiger partial charge in [-0.1, -0.05) is 15.9 Å². The largest absolute Gasteiger partial charge is 0.484 e. The fourth-order valence-corrected chi connectivity index (χ4v) is 3.23. The molecule has 0 aromatic heterocycles. The Morgan fingerprint density at radius 3 is 2.35 bits per heavy atom. The molecule has 0 atom stereocenters. The lowest BCUT2D eigenvalue weighted by molar-refractivity contribution is -0.118. The molecule has 0 heterocycles. The van der Waals surface area contributed by atoms with Crippen LogP contribution in [-0.4, -0.2) is 41.2 Å². The van der Waals surface area contributed by atoms with Crippen molar-refractivity contribution >= 4 is 37.5 Å². The molecule has 0 saturated carbocycles. The number of benzene rings is 2. The van der Waals surface area contributed by atoms with Crippen LogP contribution >= 0.6 is 15.9 Å². The van der Waals surface area contributed by atoms with Crippen molar-refractivity contribution in [3.8, 4) is 5.75 Å². The number of ether oxygens (including phenoxy) is 2. The van der Waals surface area contributed by atoms with E-state index in [1.54, 1.807) is 12.1 Å². The van der Waals surface area contributed by atoms with Crippen LogP contribution < -0.4 is 14.8 Å². The van der Waals surface area contributed by atoms with Crippen molar-refractivity contribution in [3.05, 3.63) is 53.0 Å². The summed E-state index contributed by atoms with van der Waals surface area (Å²) in [5.41, 5.74) is 0.658. The smallest absolute Gasteiger partial charge is 0.262 e. The van der Waals surface area contributed by atoms with Gasteiger partial charge in [-0.25, -0.2) is 13.1 Å². The molecule has 0 aliphatic heterocycles. The maximum Gasteiger partial charge on any atom is 0.262 e. The molecule has 2 N–H and O–H groups in total. The van der Waals surface area contributed by atoms with Gasteiger partial charge in [0.1, 0.15) is 5.75 Å². The number of amides is 1. The minimum absolute atomic E-state index is 0.111. The molecule has 0 unspecified atom stereocenters. The summed E-state index contributed by atoms with van der Waals surface area (Å²) >= 11 is 3.32. The first-order valence-electron chi connectivity index (χ1n) is 7.67. The Bertz CT molecular complexity index is 823. The molecule has 9 heteroatoms. The Kier molecular flexibility index (Phi) is 7.58. The van der Waals surface area contributed by atoms with Crippen LogP contribution in [0.2, 0.25) is 0 Å². The van der Waals surface area contributed by atoms with E-state index in [2.05, 4.69) is 26.0 Å². The van der Waals surface area contributed by atoms with Gasteiger partial charge in [0, 0.05) is 23.8 Å². The molecule has 0 aliphatic rings. The Balaban J connectivity index is 1.86. The molecule has 0 fully saturated rings. The van der Waals surface area contributed by atoms with Gasteiger partial charge in [0.2, 0.25) is 10.0 Å². The summed E-state index contributed by atoms with van der Waals surface area (Å²) in [7, 11) is -2.10. The highest BCUT2D eigenvalue weighted by Crippen LogP contribution is 2.17. The molecule has 0 bridgehead atoms. The van der Waals surface area contributed by atoms with E-state index in [1.165, 1.54) is 31.4 Å². The van der Waals surface area contributed by atoms with Crippen LogP contribution in [-0.2, 0) is 19.6 Å². The molecule has 140 valence electrons.